The first-order valence-electron chi connectivity index (χ1n) is 10.5. The molecule has 162 valence electrons. The van der Waals surface area contributed by atoms with Crippen molar-refractivity contribution in [1.82, 2.24) is 5.01 Å². The SMILES string of the molecule is O=C1[C@@H]2C3c4ccccc4C(c4ccccc43)[C@H]2C(=O)N1/N=C\c1ccc(Cl)c([N+](=O)[O-])c1. The molecule has 1 aliphatic heterocycles. The zero-order valence-corrected chi connectivity index (χ0v) is 17.8. The number of halogens is 1. The minimum absolute atomic E-state index is 0.00333. The van der Waals surface area contributed by atoms with Crippen molar-refractivity contribution < 1.29 is 14.5 Å². The fourth-order valence-corrected chi connectivity index (χ4v) is 5.84. The number of nitrogens with zero attached hydrogens (tertiary/aromatic N) is 3. The Morgan fingerprint density at radius 1 is 0.848 bits per heavy atom. The van der Waals surface area contributed by atoms with Crippen molar-refractivity contribution in [1.29, 1.82) is 0 Å². The lowest BCUT2D eigenvalue weighted by Crippen LogP contribution is -2.41. The third-order valence-corrected chi connectivity index (χ3v) is 7.23. The van der Waals surface area contributed by atoms with Gasteiger partial charge in [0.05, 0.1) is 23.0 Å². The molecule has 33 heavy (non-hydrogen) atoms. The highest BCUT2D eigenvalue weighted by Gasteiger charge is 2.61. The molecule has 2 bridgehead atoms. The fraction of sp³-hybridized carbons (Fsp3) is 0.160. The molecule has 2 amide bonds. The Bertz CT molecular complexity index is 1290. The number of amides is 2. The molecule has 3 aromatic carbocycles. The summed E-state index contributed by atoms with van der Waals surface area (Å²) in [6, 6.07) is 20.2. The molecule has 4 aliphatic rings. The van der Waals surface area contributed by atoms with Crippen molar-refractivity contribution in [2.75, 3.05) is 0 Å². The van der Waals surface area contributed by atoms with Gasteiger partial charge in [-0.05, 0) is 28.3 Å². The molecular formula is C25H16ClN3O4. The number of nitro groups is 1. The van der Waals surface area contributed by atoms with E-state index in [4.69, 9.17) is 11.6 Å². The van der Waals surface area contributed by atoms with Crippen molar-refractivity contribution in [3.8, 4) is 0 Å². The summed E-state index contributed by atoms with van der Waals surface area (Å²) >= 11 is 5.87. The standard InChI is InChI=1S/C25H16ClN3O4/c26-18-10-9-13(11-19(18)29(32)33)12-27-28-24(30)22-20-14-5-1-2-6-15(14)21(23(22)25(28)31)17-8-4-3-7-16(17)20/h1-12,20-23H/b27-12-/t20?,21?,22-,23-/m1/s1. The second-order valence-electron chi connectivity index (χ2n) is 8.47. The lowest BCUT2D eigenvalue weighted by atomic mass is 9.55. The van der Waals surface area contributed by atoms with Crippen LogP contribution in [-0.2, 0) is 9.59 Å². The maximum Gasteiger partial charge on any atom is 0.288 e. The second-order valence-corrected chi connectivity index (χ2v) is 8.87. The molecule has 0 unspecified atom stereocenters. The molecule has 0 radical (unpaired) electrons. The zero-order valence-electron chi connectivity index (χ0n) is 17.1. The number of hydrazone groups is 1. The van der Waals surface area contributed by atoms with E-state index in [9.17, 15) is 19.7 Å². The largest absolute Gasteiger partial charge is 0.288 e. The molecule has 7 rings (SSSR count). The summed E-state index contributed by atoms with van der Waals surface area (Å²) < 4.78 is 0. The molecule has 1 saturated heterocycles. The van der Waals surface area contributed by atoms with Gasteiger partial charge >= 0.3 is 0 Å². The van der Waals surface area contributed by atoms with Gasteiger partial charge in [-0.15, -0.1) is 0 Å². The van der Waals surface area contributed by atoms with Crippen molar-refractivity contribution in [2.24, 2.45) is 16.9 Å². The minimum Gasteiger partial charge on any atom is -0.272 e. The van der Waals surface area contributed by atoms with E-state index in [0.29, 0.717) is 5.56 Å². The Morgan fingerprint density at radius 3 is 1.79 bits per heavy atom. The van der Waals surface area contributed by atoms with Crippen molar-refractivity contribution >= 4 is 35.3 Å². The van der Waals surface area contributed by atoms with Crippen LogP contribution in [0.5, 0.6) is 0 Å². The zero-order chi connectivity index (χ0) is 22.9. The van der Waals surface area contributed by atoms with Gasteiger partial charge in [0.1, 0.15) is 5.02 Å². The maximum absolute atomic E-state index is 13.5. The molecule has 2 atom stereocenters. The number of benzene rings is 3. The van der Waals surface area contributed by atoms with Gasteiger partial charge < -0.3 is 0 Å². The minimum atomic E-state index is -0.591. The third-order valence-electron chi connectivity index (χ3n) is 6.91. The average molecular weight is 458 g/mol. The summed E-state index contributed by atoms with van der Waals surface area (Å²) in [6.45, 7) is 0. The number of hydrogen-bond acceptors (Lipinski definition) is 5. The molecule has 0 spiro atoms. The Balaban J connectivity index is 1.41. The fourth-order valence-electron chi connectivity index (χ4n) is 5.65. The van der Waals surface area contributed by atoms with Crippen LogP contribution in [-0.4, -0.2) is 28.0 Å². The van der Waals surface area contributed by atoms with Crippen LogP contribution in [0.1, 0.15) is 39.7 Å². The molecule has 1 fully saturated rings. The molecule has 0 aromatic heterocycles. The van der Waals surface area contributed by atoms with Crippen LogP contribution in [0.3, 0.4) is 0 Å². The molecule has 3 aliphatic carbocycles. The van der Waals surface area contributed by atoms with Gasteiger partial charge in [0, 0.05) is 23.5 Å². The first kappa shape index (κ1) is 19.8. The summed E-state index contributed by atoms with van der Waals surface area (Å²) in [5, 5.41) is 16.3. The Labute approximate surface area is 193 Å². The number of carbonyl (C=O) groups is 2. The lowest BCUT2D eigenvalue weighted by Gasteiger charge is -2.45. The van der Waals surface area contributed by atoms with Crippen LogP contribution in [0.2, 0.25) is 5.02 Å². The summed E-state index contributed by atoms with van der Waals surface area (Å²) in [5.41, 5.74) is 4.45. The number of hydrogen-bond donors (Lipinski definition) is 0. The van der Waals surface area contributed by atoms with Crippen LogP contribution >= 0.6 is 11.6 Å². The molecule has 0 N–H and O–H groups in total. The molecular weight excluding hydrogens is 442 g/mol. The van der Waals surface area contributed by atoms with Crippen LogP contribution in [0, 0.1) is 22.0 Å². The molecule has 3 aromatic rings. The normalized spacial score (nSPS) is 24.7. The first-order valence-corrected chi connectivity index (χ1v) is 10.9. The van der Waals surface area contributed by atoms with E-state index >= 15 is 0 Å². The number of carbonyl (C=O) groups excluding carboxylic acids is 2. The number of rotatable bonds is 3. The molecule has 1 heterocycles. The Hall–Kier alpha value is -3.84. The predicted molar refractivity (Wildman–Crippen MR) is 121 cm³/mol. The lowest BCUT2D eigenvalue weighted by molar-refractivity contribution is -0.384. The molecule has 0 saturated carbocycles. The predicted octanol–water partition coefficient (Wildman–Crippen LogP) is 4.47. The molecule has 7 nitrogen and oxygen atoms in total. The average Bonchev–Trinajstić information content (AvgIpc) is 3.08. The van der Waals surface area contributed by atoms with Gasteiger partial charge in [0.25, 0.3) is 17.5 Å². The van der Waals surface area contributed by atoms with Gasteiger partial charge in [0.15, 0.2) is 0 Å². The number of nitro benzene ring substituents is 1. The van der Waals surface area contributed by atoms with Crippen molar-refractivity contribution in [3.05, 3.63) is 110 Å². The van der Waals surface area contributed by atoms with Crippen LogP contribution < -0.4 is 0 Å². The van der Waals surface area contributed by atoms with E-state index < -0.39 is 16.8 Å². The molecule has 8 heteroatoms. The highest BCUT2D eigenvalue weighted by Crippen LogP contribution is 2.60. The summed E-state index contributed by atoms with van der Waals surface area (Å²) in [5.74, 6) is -2.15. The Kier molecular flexibility index (Phi) is 4.25. The summed E-state index contributed by atoms with van der Waals surface area (Å²) in [6.07, 6.45) is 1.29. The quantitative estimate of drug-likeness (QED) is 0.251. The van der Waals surface area contributed by atoms with E-state index in [1.54, 1.807) is 6.07 Å². The highest BCUT2D eigenvalue weighted by atomic mass is 35.5. The van der Waals surface area contributed by atoms with Crippen molar-refractivity contribution in [3.63, 3.8) is 0 Å². The van der Waals surface area contributed by atoms with E-state index in [2.05, 4.69) is 5.10 Å². The number of imide groups is 1. The van der Waals surface area contributed by atoms with Gasteiger partial charge in [-0.2, -0.15) is 10.1 Å². The van der Waals surface area contributed by atoms with Gasteiger partial charge in [-0.3, -0.25) is 19.7 Å². The van der Waals surface area contributed by atoms with Crippen LogP contribution in [0.25, 0.3) is 0 Å². The van der Waals surface area contributed by atoms with Crippen LogP contribution in [0.4, 0.5) is 5.69 Å². The second kappa shape index (κ2) is 7.08. The highest BCUT2D eigenvalue weighted by molar-refractivity contribution is 6.32. The monoisotopic (exact) mass is 457 g/mol. The third kappa shape index (κ3) is 2.72. The van der Waals surface area contributed by atoms with E-state index in [1.807, 2.05) is 48.5 Å². The van der Waals surface area contributed by atoms with Gasteiger partial charge in [-0.1, -0.05) is 66.2 Å². The van der Waals surface area contributed by atoms with E-state index in [1.165, 1.54) is 18.3 Å². The van der Waals surface area contributed by atoms with E-state index in [-0.39, 0.29) is 34.4 Å². The van der Waals surface area contributed by atoms with Crippen LogP contribution in [0.15, 0.2) is 71.8 Å². The maximum atomic E-state index is 13.5. The smallest absolute Gasteiger partial charge is 0.272 e. The van der Waals surface area contributed by atoms with Gasteiger partial charge in [0.2, 0.25) is 0 Å². The topological polar surface area (TPSA) is 92.9 Å². The summed E-state index contributed by atoms with van der Waals surface area (Å²) in [4.78, 5) is 37.5. The first-order chi connectivity index (χ1) is 16.0. The Morgan fingerprint density at radius 2 is 1.33 bits per heavy atom. The van der Waals surface area contributed by atoms with Gasteiger partial charge in [-0.25, -0.2) is 0 Å². The van der Waals surface area contributed by atoms with E-state index in [0.717, 1.165) is 27.3 Å². The van der Waals surface area contributed by atoms with Crippen molar-refractivity contribution in [2.45, 2.75) is 11.8 Å². The summed E-state index contributed by atoms with van der Waals surface area (Å²) in [7, 11) is 0.